The van der Waals surface area contributed by atoms with Crippen molar-refractivity contribution >= 4 is 28.6 Å². The fraction of sp³-hybridized carbons (Fsp3) is 0.375. The van der Waals surface area contributed by atoms with Crippen LogP contribution in [0, 0.1) is 5.92 Å². The van der Waals surface area contributed by atoms with Gasteiger partial charge in [0.05, 0.1) is 29.0 Å². The summed E-state index contributed by atoms with van der Waals surface area (Å²) in [6.45, 7) is 5.70. The van der Waals surface area contributed by atoms with Gasteiger partial charge in [0.1, 0.15) is 5.75 Å². The molecule has 2 aromatic carbocycles. The van der Waals surface area contributed by atoms with Crippen LogP contribution >= 0.6 is 11.8 Å². The van der Waals surface area contributed by atoms with E-state index in [9.17, 15) is 9.59 Å². The third-order valence-corrected chi connectivity index (χ3v) is 6.82. The average molecular weight is 438 g/mol. The number of piperidine rings is 1. The fourth-order valence-electron chi connectivity index (χ4n) is 3.86. The quantitative estimate of drug-likeness (QED) is 0.444. The highest BCUT2D eigenvalue weighted by atomic mass is 32.2. The predicted molar refractivity (Wildman–Crippen MR) is 124 cm³/mol. The van der Waals surface area contributed by atoms with E-state index in [1.165, 1.54) is 11.8 Å². The van der Waals surface area contributed by atoms with Crippen molar-refractivity contribution in [3.8, 4) is 11.4 Å². The van der Waals surface area contributed by atoms with Crippen molar-refractivity contribution in [2.45, 2.75) is 37.1 Å². The monoisotopic (exact) mass is 437 g/mol. The molecule has 162 valence electrons. The standard InChI is InChI=1S/C24H27N3O3S/c1-16-11-13-26(14-12-16)22(28)17(2)31-24-25-21-10-5-4-9-20(21)23(29)27(24)18-7-6-8-19(15-18)30-3/h4-10,15-17H,11-14H2,1-3H3. The second kappa shape index (κ2) is 9.14. The van der Waals surface area contributed by atoms with Crippen molar-refractivity contribution in [3.63, 3.8) is 0 Å². The van der Waals surface area contributed by atoms with Gasteiger partial charge in [0, 0.05) is 19.2 Å². The molecule has 0 N–H and O–H groups in total. The number of carbonyl (C=O) groups excluding carboxylic acids is 1. The summed E-state index contributed by atoms with van der Waals surface area (Å²) in [7, 11) is 1.59. The molecule has 1 saturated heterocycles. The van der Waals surface area contributed by atoms with E-state index in [4.69, 9.17) is 9.72 Å². The highest BCUT2D eigenvalue weighted by molar-refractivity contribution is 8.00. The summed E-state index contributed by atoms with van der Waals surface area (Å²) in [4.78, 5) is 33.2. The molecule has 1 aromatic heterocycles. The van der Waals surface area contributed by atoms with Gasteiger partial charge in [0.15, 0.2) is 5.16 Å². The Hall–Kier alpha value is -2.80. The Balaban J connectivity index is 1.74. The number of hydrogen-bond donors (Lipinski definition) is 0. The first-order chi connectivity index (χ1) is 15.0. The molecule has 3 aromatic rings. The van der Waals surface area contributed by atoms with E-state index < -0.39 is 0 Å². The fourth-order valence-corrected chi connectivity index (χ4v) is 4.87. The number of rotatable bonds is 5. The minimum Gasteiger partial charge on any atom is -0.497 e. The molecule has 0 bridgehead atoms. The Bertz CT molecular complexity index is 1150. The molecule has 1 aliphatic rings. The predicted octanol–water partition coefficient (Wildman–Crippen LogP) is 4.13. The zero-order chi connectivity index (χ0) is 22.0. The summed E-state index contributed by atoms with van der Waals surface area (Å²) in [5.74, 6) is 1.41. The first-order valence-electron chi connectivity index (χ1n) is 10.6. The molecule has 1 atom stereocenters. The van der Waals surface area contributed by atoms with Crippen LogP contribution in [-0.2, 0) is 4.79 Å². The number of fused-ring (bicyclic) bond motifs is 1. The number of para-hydroxylation sites is 1. The molecule has 1 unspecified atom stereocenters. The van der Waals surface area contributed by atoms with E-state index in [2.05, 4.69) is 6.92 Å². The van der Waals surface area contributed by atoms with Crippen LogP contribution in [0.4, 0.5) is 0 Å². The lowest BCUT2D eigenvalue weighted by atomic mass is 9.99. The summed E-state index contributed by atoms with van der Waals surface area (Å²) < 4.78 is 6.93. The molecule has 1 aliphatic heterocycles. The van der Waals surface area contributed by atoms with Gasteiger partial charge in [-0.3, -0.25) is 14.2 Å². The van der Waals surface area contributed by atoms with E-state index in [1.807, 2.05) is 48.2 Å². The van der Waals surface area contributed by atoms with Gasteiger partial charge in [-0.1, -0.05) is 36.9 Å². The maximum atomic E-state index is 13.4. The van der Waals surface area contributed by atoms with E-state index >= 15 is 0 Å². The summed E-state index contributed by atoms with van der Waals surface area (Å²) in [5, 5.41) is 0.695. The lowest BCUT2D eigenvalue weighted by Crippen LogP contribution is -2.42. The molecular formula is C24H27N3O3S. The molecule has 0 saturated carbocycles. The largest absolute Gasteiger partial charge is 0.497 e. The van der Waals surface area contributed by atoms with Gasteiger partial charge in [0.2, 0.25) is 5.91 Å². The maximum Gasteiger partial charge on any atom is 0.266 e. The highest BCUT2D eigenvalue weighted by Crippen LogP contribution is 2.28. The van der Waals surface area contributed by atoms with Crippen molar-refractivity contribution in [3.05, 3.63) is 58.9 Å². The Labute approximate surface area is 186 Å². The number of carbonyl (C=O) groups is 1. The number of thioether (sulfide) groups is 1. The molecule has 31 heavy (non-hydrogen) atoms. The van der Waals surface area contributed by atoms with Crippen molar-refractivity contribution in [2.24, 2.45) is 5.92 Å². The van der Waals surface area contributed by atoms with Crippen LogP contribution < -0.4 is 10.3 Å². The number of methoxy groups -OCH3 is 1. The van der Waals surface area contributed by atoms with Gasteiger partial charge in [0.25, 0.3) is 5.56 Å². The van der Waals surface area contributed by atoms with Gasteiger partial charge in [-0.25, -0.2) is 4.98 Å². The number of ether oxygens (including phenoxy) is 1. The smallest absolute Gasteiger partial charge is 0.266 e. The normalized spacial score (nSPS) is 15.8. The number of hydrogen-bond acceptors (Lipinski definition) is 5. The number of amides is 1. The van der Waals surface area contributed by atoms with Gasteiger partial charge in [-0.15, -0.1) is 0 Å². The third-order valence-electron chi connectivity index (χ3n) is 5.78. The van der Waals surface area contributed by atoms with Crippen molar-refractivity contribution < 1.29 is 9.53 Å². The minimum atomic E-state index is -0.349. The second-order valence-electron chi connectivity index (χ2n) is 8.02. The molecule has 1 fully saturated rings. The van der Waals surface area contributed by atoms with Gasteiger partial charge in [-0.2, -0.15) is 0 Å². The van der Waals surface area contributed by atoms with E-state index in [0.717, 1.165) is 25.9 Å². The van der Waals surface area contributed by atoms with E-state index in [1.54, 1.807) is 23.8 Å². The number of aromatic nitrogens is 2. The first kappa shape index (κ1) is 21.4. The molecule has 6 nitrogen and oxygen atoms in total. The topological polar surface area (TPSA) is 64.4 Å². The molecule has 4 rings (SSSR count). The van der Waals surface area contributed by atoms with Crippen LogP contribution in [0.15, 0.2) is 58.5 Å². The molecule has 7 heteroatoms. The molecule has 0 spiro atoms. The Morgan fingerprint density at radius 3 is 2.65 bits per heavy atom. The van der Waals surface area contributed by atoms with E-state index in [-0.39, 0.29) is 16.7 Å². The lowest BCUT2D eigenvalue weighted by molar-refractivity contribution is -0.131. The lowest BCUT2D eigenvalue weighted by Gasteiger charge is -2.32. The molecular weight excluding hydrogens is 410 g/mol. The maximum absolute atomic E-state index is 13.4. The number of benzene rings is 2. The molecule has 2 heterocycles. The van der Waals surface area contributed by atoms with Gasteiger partial charge >= 0.3 is 0 Å². The SMILES string of the molecule is COc1cccc(-n2c(SC(C)C(=O)N3CCC(C)CC3)nc3ccccc3c2=O)c1. The molecule has 0 radical (unpaired) electrons. The summed E-state index contributed by atoms with van der Waals surface area (Å²) in [6.07, 6.45) is 2.07. The van der Waals surface area contributed by atoms with Crippen LogP contribution in [0.5, 0.6) is 5.75 Å². The molecule has 1 amide bonds. The summed E-state index contributed by atoms with van der Waals surface area (Å²) >= 11 is 1.33. The Kier molecular flexibility index (Phi) is 6.32. The first-order valence-corrected chi connectivity index (χ1v) is 11.5. The van der Waals surface area contributed by atoms with Crippen LogP contribution in [0.2, 0.25) is 0 Å². The van der Waals surface area contributed by atoms with Crippen molar-refractivity contribution in [2.75, 3.05) is 20.2 Å². The highest BCUT2D eigenvalue weighted by Gasteiger charge is 2.27. The van der Waals surface area contributed by atoms with Crippen molar-refractivity contribution in [1.29, 1.82) is 0 Å². The Morgan fingerprint density at radius 2 is 1.90 bits per heavy atom. The Morgan fingerprint density at radius 1 is 1.16 bits per heavy atom. The number of likely N-dealkylation sites (tertiary alicyclic amines) is 1. The van der Waals surface area contributed by atoms with Gasteiger partial charge < -0.3 is 9.64 Å². The zero-order valence-corrected chi connectivity index (χ0v) is 18.9. The van der Waals surface area contributed by atoms with E-state index in [0.29, 0.717) is 33.4 Å². The number of nitrogens with zero attached hydrogens (tertiary/aromatic N) is 3. The van der Waals surface area contributed by atoms with Gasteiger partial charge in [-0.05, 0) is 49.9 Å². The van der Waals surface area contributed by atoms with Crippen LogP contribution in [0.1, 0.15) is 26.7 Å². The molecule has 0 aliphatic carbocycles. The van der Waals surface area contributed by atoms with Crippen LogP contribution in [0.3, 0.4) is 0 Å². The zero-order valence-electron chi connectivity index (χ0n) is 18.1. The second-order valence-corrected chi connectivity index (χ2v) is 9.33. The van der Waals surface area contributed by atoms with Crippen molar-refractivity contribution in [1.82, 2.24) is 14.5 Å². The third kappa shape index (κ3) is 4.46. The average Bonchev–Trinajstić information content (AvgIpc) is 2.79. The summed E-state index contributed by atoms with van der Waals surface area (Å²) in [6, 6.07) is 14.6. The summed E-state index contributed by atoms with van der Waals surface area (Å²) in [5.41, 5.74) is 1.13. The van der Waals surface area contributed by atoms with Crippen LogP contribution in [0.25, 0.3) is 16.6 Å². The minimum absolute atomic E-state index is 0.0940. The van der Waals surface area contributed by atoms with Crippen LogP contribution in [-0.4, -0.2) is 45.8 Å².